The molecular weight excluding hydrogens is 248 g/mol. The van der Waals surface area contributed by atoms with E-state index in [1.807, 2.05) is 6.92 Å². The second-order valence-corrected chi connectivity index (χ2v) is 5.53. The zero-order valence-corrected chi connectivity index (χ0v) is 12.0. The number of para-hydroxylation sites is 1. The van der Waals surface area contributed by atoms with E-state index < -0.39 is 0 Å². The van der Waals surface area contributed by atoms with Crippen molar-refractivity contribution in [3.63, 3.8) is 0 Å². The molecule has 0 aliphatic heterocycles. The summed E-state index contributed by atoms with van der Waals surface area (Å²) in [5, 5.41) is 4.40. The fourth-order valence-electron chi connectivity index (χ4n) is 3.11. The maximum Gasteiger partial charge on any atom is 0.243 e. The number of H-pyrrole nitrogens is 1. The molecule has 0 radical (unpaired) electrons. The highest BCUT2D eigenvalue weighted by Crippen LogP contribution is 2.30. The Kier molecular flexibility index (Phi) is 3.35. The van der Waals surface area contributed by atoms with Crippen LogP contribution in [0.3, 0.4) is 0 Å². The first-order valence-corrected chi connectivity index (χ1v) is 7.21. The van der Waals surface area contributed by atoms with Gasteiger partial charge in [-0.15, -0.1) is 0 Å². The number of hydrogen-bond donors (Lipinski definition) is 2. The Bertz CT molecular complexity index is 682. The van der Waals surface area contributed by atoms with E-state index in [9.17, 15) is 4.79 Å². The standard InChI is InChI=1S/C17H20N2O/c1-3-5-16(20)18-12-8-9-15-14(10-12)13-7-4-6-11(2)17(13)19-15/h3-7,12,19H,8-10H2,1-2H3,(H,18,20)/b5-3+/t12-/m0/s1. The van der Waals surface area contributed by atoms with E-state index in [0.29, 0.717) is 0 Å². The molecule has 1 aliphatic carbocycles. The Balaban J connectivity index is 1.89. The van der Waals surface area contributed by atoms with Crippen LogP contribution in [0.25, 0.3) is 10.9 Å². The molecule has 0 spiro atoms. The van der Waals surface area contributed by atoms with E-state index in [0.717, 1.165) is 19.3 Å². The lowest BCUT2D eigenvalue weighted by molar-refractivity contribution is -0.117. The summed E-state index contributed by atoms with van der Waals surface area (Å²) in [7, 11) is 0. The van der Waals surface area contributed by atoms with Crippen LogP contribution in [-0.2, 0) is 17.6 Å². The molecule has 0 saturated carbocycles. The summed E-state index contributed by atoms with van der Waals surface area (Å²) in [5.41, 5.74) is 5.25. The number of nitrogens with one attached hydrogen (secondary N) is 2. The van der Waals surface area contributed by atoms with Crippen molar-refractivity contribution in [3.05, 3.63) is 47.2 Å². The topological polar surface area (TPSA) is 44.9 Å². The van der Waals surface area contributed by atoms with Crippen LogP contribution in [0.15, 0.2) is 30.4 Å². The minimum Gasteiger partial charge on any atom is -0.358 e. The molecule has 0 bridgehead atoms. The maximum absolute atomic E-state index is 11.7. The quantitative estimate of drug-likeness (QED) is 0.808. The van der Waals surface area contributed by atoms with Gasteiger partial charge in [0, 0.05) is 22.6 Å². The van der Waals surface area contributed by atoms with E-state index in [2.05, 4.69) is 35.4 Å². The first-order valence-electron chi connectivity index (χ1n) is 7.21. The number of rotatable bonds is 2. The van der Waals surface area contributed by atoms with Crippen LogP contribution in [0.1, 0.15) is 30.2 Å². The summed E-state index contributed by atoms with van der Waals surface area (Å²) in [6.45, 7) is 4.00. The number of allylic oxidation sites excluding steroid dienone is 1. The lowest BCUT2D eigenvalue weighted by Crippen LogP contribution is -2.37. The number of aromatic amines is 1. The average Bonchev–Trinajstić information content (AvgIpc) is 2.79. The normalized spacial score (nSPS) is 18.4. The summed E-state index contributed by atoms with van der Waals surface area (Å²) >= 11 is 0. The van der Waals surface area contributed by atoms with Crippen LogP contribution >= 0.6 is 0 Å². The van der Waals surface area contributed by atoms with Crippen LogP contribution in [0.2, 0.25) is 0 Å². The van der Waals surface area contributed by atoms with E-state index >= 15 is 0 Å². The van der Waals surface area contributed by atoms with Gasteiger partial charge in [0.15, 0.2) is 0 Å². The second kappa shape index (κ2) is 5.16. The summed E-state index contributed by atoms with van der Waals surface area (Å²) in [4.78, 5) is 15.2. The lowest BCUT2D eigenvalue weighted by Gasteiger charge is -2.23. The molecular formula is C17H20N2O. The molecule has 1 aliphatic rings. The monoisotopic (exact) mass is 268 g/mol. The summed E-state index contributed by atoms with van der Waals surface area (Å²) in [6.07, 6.45) is 6.29. The van der Waals surface area contributed by atoms with Crippen molar-refractivity contribution in [1.82, 2.24) is 10.3 Å². The Morgan fingerprint density at radius 3 is 3.10 bits per heavy atom. The fourth-order valence-corrected chi connectivity index (χ4v) is 3.11. The summed E-state index contributed by atoms with van der Waals surface area (Å²) < 4.78 is 0. The number of amides is 1. The third kappa shape index (κ3) is 2.24. The number of benzene rings is 1. The smallest absolute Gasteiger partial charge is 0.243 e. The molecule has 2 N–H and O–H groups in total. The van der Waals surface area contributed by atoms with Crippen molar-refractivity contribution in [2.45, 2.75) is 39.2 Å². The van der Waals surface area contributed by atoms with Crippen molar-refractivity contribution >= 4 is 16.8 Å². The molecule has 1 aromatic heterocycles. The first kappa shape index (κ1) is 13.0. The van der Waals surface area contributed by atoms with Crippen molar-refractivity contribution in [2.75, 3.05) is 0 Å². The molecule has 3 rings (SSSR count). The Morgan fingerprint density at radius 2 is 2.30 bits per heavy atom. The van der Waals surface area contributed by atoms with Gasteiger partial charge in [-0.05, 0) is 50.3 Å². The zero-order chi connectivity index (χ0) is 14.1. The first-order chi connectivity index (χ1) is 9.69. The Hall–Kier alpha value is -2.03. The van der Waals surface area contributed by atoms with E-state index in [-0.39, 0.29) is 11.9 Å². The van der Waals surface area contributed by atoms with Crippen molar-refractivity contribution in [2.24, 2.45) is 0 Å². The van der Waals surface area contributed by atoms with E-state index in [4.69, 9.17) is 0 Å². The van der Waals surface area contributed by atoms with Crippen molar-refractivity contribution in [3.8, 4) is 0 Å². The number of hydrogen-bond acceptors (Lipinski definition) is 1. The van der Waals surface area contributed by atoms with Crippen LogP contribution in [-0.4, -0.2) is 16.9 Å². The predicted molar refractivity (Wildman–Crippen MR) is 81.8 cm³/mol. The molecule has 1 atom stereocenters. The van der Waals surface area contributed by atoms with Crippen LogP contribution < -0.4 is 5.32 Å². The van der Waals surface area contributed by atoms with Gasteiger partial charge in [0.1, 0.15) is 0 Å². The lowest BCUT2D eigenvalue weighted by atomic mass is 9.91. The highest BCUT2D eigenvalue weighted by atomic mass is 16.1. The molecule has 104 valence electrons. The molecule has 1 aromatic carbocycles. The predicted octanol–water partition coefficient (Wildman–Crippen LogP) is 3.03. The zero-order valence-electron chi connectivity index (χ0n) is 12.0. The largest absolute Gasteiger partial charge is 0.358 e. The molecule has 1 heterocycles. The molecule has 0 fully saturated rings. The van der Waals surface area contributed by atoms with Gasteiger partial charge in [-0.2, -0.15) is 0 Å². The van der Waals surface area contributed by atoms with Gasteiger partial charge in [-0.3, -0.25) is 4.79 Å². The highest BCUT2D eigenvalue weighted by molar-refractivity contribution is 5.89. The number of aromatic nitrogens is 1. The molecule has 3 nitrogen and oxygen atoms in total. The molecule has 1 amide bonds. The van der Waals surface area contributed by atoms with Gasteiger partial charge in [-0.1, -0.05) is 24.3 Å². The maximum atomic E-state index is 11.7. The number of carbonyl (C=O) groups excluding carboxylic acids is 1. The average molecular weight is 268 g/mol. The van der Waals surface area contributed by atoms with Gasteiger partial charge < -0.3 is 10.3 Å². The van der Waals surface area contributed by atoms with E-state index in [1.165, 1.54) is 27.7 Å². The van der Waals surface area contributed by atoms with Gasteiger partial charge in [0.05, 0.1) is 0 Å². The minimum atomic E-state index is 0.0111. The molecule has 3 heteroatoms. The second-order valence-electron chi connectivity index (χ2n) is 5.53. The van der Waals surface area contributed by atoms with Gasteiger partial charge in [0.25, 0.3) is 0 Å². The number of fused-ring (bicyclic) bond motifs is 3. The van der Waals surface area contributed by atoms with Gasteiger partial charge in [-0.25, -0.2) is 0 Å². The van der Waals surface area contributed by atoms with Crippen LogP contribution in [0.5, 0.6) is 0 Å². The summed E-state index contributed by atoms with van der Waals surface area (Å²) in [5.74, 6) is 0.0111. The SMILES string of the molecule is C/C=C/C(=O)N[C@H]1CCc2[nH]c3c(C)cccc3c2C1. The number of carbonyl (C=O) groups is 1. The third-order valence-electron chi connectivity index (χ3n) is 4.10. The number of aryl methyl sites for hydroxylation is 2. The molecule has 20 heavy (non-hydrogen) atoms. The van der Waals surface area contributed by atoms with Gasteiger partial charge in [0.2, 0.25) is 5.91 Å². The Morgan fingerprint density at radius 1 is 1.45 bits per heavy atom. The van der Waals surface area contributed by atoms with Crippen LogP contribution in [0, 0.1) is 6.92 Å². The van der Waals surface area contributed by atoms with Crippen molar-refractivity contribution in [1.29, 1.82) is 0 Å². The van der Waals surface area contributed by atoms with Gasteiger partial charge >= 0.3 is 0 Å². The van der Waals surface area contributed by atoms with E-state index in [1.54, 1.807) is 12.2 Å². The van der Waals surface area contributed by atoms with Crippen LogP contribution in [0.4, 0.5) is 0 Å². The Labute approximate surface area is 119 Å². The molecule has 0 saturated heterocycles. The third-order valence-corrected chi connectivity index (χ3v) is 4.10. The minimum absolute atomic E-state index is 0.0111. The highest BCUT2D eigenvalue weighted by Gasteiger charge is 2.23. The molecule has 0 unspecified atom stereocenters. The fraction of sp³-hybridized carbons (Fsp3) is 0.353. The van der Waals surface area contributed by atoms with Crippen molar-refractivity contribution < 1.29 is 4.79 Å². The summed E-state index contributed by atoms with van der Waals surface area (Å²) in [6, 6.07) is 6.66. The molecule has 2 aromatic rings.